The van der Waals surface area contributed by atoms with Crippen molar-refractivity contribution in [1.29, 1.82) is 0 Å². The summed E-state index contributed by atoms with van der Waals surface area (Å²) in [5.74, 6) is -0.290. The lowest BCUT2D eigenvalue weighted by molar-refractivity contribution is -0.137. The molecule has 1 unspecified atom stereocenters. The van der Waals surface area contributed by atoms with Gasteiger partial charge in [0.2, 0.25) is 0 Å². The van der Waals surface area contributed by atoms with Crippen LogP contribution in [0.4, 0.5) is 18.9 Å². The summed E-state index contributed by atoms with van der Waals surface area (Å²) in [7, 11) is 1.44. The van der Waals surface area contributed by atoms with Crippen LogP contribution in [0.15, 0.2) is 12.1 Å². The number of carbonyl (C=O) groups excluding carboxylic acids is 2. The van der Waals surface area contributed by atoms with E-state index in [9.17, 15) is 22.8 Å². The van der Waals surface area contributed by atoms with Crippen molar-refractivity contribution in [2.24, 2.45) is 0 Å². The minimum atomic E-state index is -4.59. The average Bonchev–Trinajstić information content (AvgIpc) is 2.36. The zero-order valence-corrected chi connectivity index (χ0v) is 12.0. The average molecular weight is 320 g/mol. The summed E-state index contributed by atoms with van der Waals surface area (Å²) >= 11 is 5.71. The summed E-state index contributed by atoms with van der Waals surface area (Å²) in [6, 6.07) is 1.12. The molecule has 0 spiro atoms. The third-order valence-corrected chi connectivity index (χ3v) is 3.91. The third-order valence-electron chi connectivity index (χ3n) is 3.60. The van der Waals surface area contributed by atoms with E-state index in [2.05, 4.69) is 0 Å². The zero-order chi connectivity index (χ0) is 15.8. The highest BCUT2D eigenvalue weighted by molar-refractivity contribution is 6.31. The van der Waals surface area contributed by atoms with Gasteiger partial charge in [-0.3, -0.25) is 4.79 Å². The lowest BCUT2D eigenvalue weighted by Crippen LogP contribution is -2.41. The maximum atomic E-state index is 12.9. The Labute approximate surface area is 124 Å². The number of alkyl halides is 3. The first-order valence-corrected chi connectivity index (χ1v) is 6.74. The Morgan fingerprint density at radius 1 is 1.33 bits per heavy atom. The molecular weight excluding hydrogens is 307 g/mol. The van der Waals surface area contributed by atoms with E-state index < -0.39 is 17.8 Å². The van der Waals surface area contributed by atoms with Crippen LogP contribution in [0, 0.1) is 0 Å². The van der Waals surface area contributed by atoms with Gasteiger partial charge >= 0.3 is 6.18 Å². The number of halogens is 4. The number of benzene rings is 1. The number of anilines is 1. The third kappa shape index (κ3) is 3.05. The van der Waals surface area contributed by atoms with E-state index in [4.69, 9.17) is 11.6 Å². The molecule has 0 radical (unpaired) electrons. The molecule has 1 aliphatic rings. The Bertz CT molecular complexity index is 586. The van der Waals surface area contributed by atoms with E-state index in [1.807, 2.05) is 0 Å². The molecule has 0 bridgehead atoms. The number of nitrogens with zero attached hydrogens (tertiary/aromatic N) is 1. The molecule has 1 aromatic carbocycles. The summed E-state index contributed by atoms with van der Waals surface area (Å²) in [5, 5.41) is -0.371. The van der Waals surface area contributed by atoms with Gasteiger partial charge in [0.05, 0.1) is 10.6 Å². The van der Waals surface area contributed by atoms with Crippen molar-refractivity contribution in [3.8, 4) is 0 Å². The molecule has 0 amide bonds. The van der Waals surface area contributed by atoms with Gasteiger partial charge in [-0.25, -0.2) is 0 Å². The molecule has 0 aliphatic carbocycles. The van der Waals surface area contributed by atoms with Crippen molar-refractivity contribution < 1.29 is 22.8 Å². The van der Waals surface area contributed by atoms with Crippen LogP contribution >= 0.6 is 11.6 Å². The number of aryl methyl sites for hydroxylation is 1. The van der Waals surface area contributed by atoms with Crippen LogP contribution in [-0.4, -0.2) is 25.2 Å². The number of ketones is 1. The van der Waals surface area contributed by atoms with Gasteiger partial charge in [-0.15, -0.1) is 0 Å². The van der Waals surface area contributed by atoms with Crippen LogP contribution in [0.2, 0.25) is 5.02 Å². The second-order valence-electron chi connectivity index (χ2n) is 4.97. The first-order valence-electron chi connectivity index (χ1n) is 6.36. The highest BCUT2D eigenvalue weighted by Gasteiger charge is 2.36. The molecule has 0 saturated heterocycles. The fourth-order valence-corrected chi connectivity index (χ4v) is 2.78. The van der Waals surface area contributed by atoms with Crippen molar-refractivity contribution in [1.82, 2.24) is 0 Å². The van der Waals surface area contributed by atoms with Gasteiger partial charge in [-0.1, -0.05) is 11.6 Å². The molecule has 1 aliphatic heterocycles. The van der Waals surface area contributed by atoms with Gasteiger partial charge in [0, 0.05) is 19.2 Å². The maximum Gasteiger partial charge on any atom is 0.417 e. The topological polar surface area (TPSA) is 37.4 Å². The Balaban J connectivity index is 2.59. The molecule has 21 heavy (non-hydrogen) atoms. The molecule has 0 fully saturated rings. The van der Waals surface area contributed by atoms with Crippen molar-refractivity contribution in [3.63, 3.8) is 0 Å². The molecular formula is C14H13ClF3NO2. The smallest absolute Gasteiger partial charge is 0.358 e. The molecule has 3 nitrogen and oxygen atoms in total. The second-order valence-corrected chi connectivity index (χ2v) is 5.38. The largest absolute Gasteiger partial charge is 0.417 e. The summed E-state index contributed by atoms with van der Waals surface area (Å²) < 4.78 is 38.8. The molecule has 1 atom stereocenters. The fourth-order valence-electron chi connectivity index (χ4n) is 2.48. The van der Waals surface area contributed by atoms with Crippen LogP contribution in [0.3, 0.4) is 0 Å². The van der Waals surface area contributed by atoms with E-state index in [0.717, 1.165) is 6.07 Å². The van der Waals surface area contributed by atoms with E-state index in [0.29, 0.717) is 24.7 Å². The molecule has 2 rings (SSSR count). The molecule has 1 heterocycles. The minimum Gasteiger partial charge on any atom is -0.358 e. The van der Waals surface area contributed by atoms with Crippen molar-refractivity contribution in [3.05, 3.63) is 28.3 Å². The zero-order valence-electron chi connectivity index (χ0n) is 11.2. The van der Waals surface area contributed by atoms with Gasteiger partial charge < -0.3 is 9.69 Å². The van der Waals surface area contributed by atoms with Crippen LogP contribution < -0.4 is 4.90 Å². The van der Waals surface area contributed by atoms with Crippen LogP contribution in [0.1, 0.15) is 24.0 Å². The first kappa shape index (κ1) is 15.8. The fraction of sp³-hybridized carbons (Fsp3) is 0.429. The van der Waals surface area contributed by atoms with Crippen molar-refractivity contribution in [2.75, 3.05) is 11.9 Å². The summed E-state index contributed by atoms with van der Waals surface area (Å²) in [5.41, 5.74) is -0.140. The molecule has 0 saturated carbocycles. The summed E-state index contributed by atoms with van der Waals surface area (Å²) in [6.45, 7) is 0. The molecule has 1 aromatic rings. The quantitative estimate of drug-likeness (QED) is 0.589. The second kappa shape index (κ2) is 5.67. The maximum absolute atomic E-state index is 12.9. The van der Waals surface area contributed by atoms with Gasteiger partial charge in [0.1, 0.15) is 12.3 Å². The van der Waals surface area contributed by atoms with E-state index >= 15 is 0 Å². The Hall–Kier alpha value is -1.56. The molecule has 7 heteroatoms. The number of Topliss-reactive ketones (excluding diaryl/α,β-unsaturated/α-hetero) is 1. The number of fused-ring (bicyclic) bond motifs is 1. The number of aldehydes is 1. The standard InChI is InChI=1S/C14H13ClF3NO2/c1-19-11-6-9(14(16,17)18)10(15)5-8(11)3-2-4-13(21)12(19)7-20/h5-7,12H,2-4H2,1H3. The van der Waals surface area contributed by atoms with E-state index in [1.54, 1.807) is 0 Å². The Morgan fingerprint density at radius 2 is 2.00 bits per heavy atom. The Kier molecular flexibility index (Phi) is 4.27. The van der Waals surface area contributed by atoms with Gasteiger partial charge in [-0.05, 0) is 30.5 Å². The van der Waals surface area contributed by atoms with Crippen molar-refractivity contribution in [2.45, 2.75) is 31.5 Å². The summed E-state index contributed by atoms with van der Waals surface area (Å²) in [4.78, 5) is 24.2. The van der Waals surface area contributed by atoms with Crippen LogP contribution in [0.25, 0.3) is 0 Å². The highest BCUT2D eigenvalue weighted by atomic mass is 35.5. The first-order chi connectivity index (χ1) is 9.75. The van der Waals surface area contributed by atoms with Crippen molar-refractivity contribution >= 4 is 29.4 Å². The highest BCUT2D eigenvalue weighted by Crippen LogP contribution is 2.39. The van der Waals surface area contributed by atoms with Crippen LogP contribution in [0.5, 0.6) is 0 Å². The van der Waals surface area contributed by atoms with Crippen LogP contribution in [-0.2, 0) is 22.2 Å². The Morgan fingerprint density at radius 3 is 2.57 bits per heavy atom. The SMILES string of the molecule is CN1c2cc(C(F)(F)F)c(Cl)cc2CCCC(=O)C1C=O. The van der Waals surface area contributed by atoms with E-state index in [-0.39, 0.29) is 22.9 Å². The number of carbonyl (C=O) groups is 2. The predicted molar refractivity (Wildman–Crippen MR) is 72.7 cm³/mol. The number of hydrogen-bond acceptors (Lipinski definition) is 3. The van der Waals surface area contributed by atoms with Gasteiger partial charge in [0.15, 0.2) is 5.78 Å². The van der Waals surface area contributed by atoms with Gasteiger partial charge in [-0.2, -0.15) is 13.2 Å². The lowest BCUT2D eigenvalue weighted by atomic mass is 9.95. The number of likely N-dealkylation sites (N-methyl/N-ethyl adjacent to an activating group) is 1. The number of hydrogen-bond donors (Lipinski definition) is 0. The predicted octanol–water partition coefficient (Wildman–Crippen LogP) is 3.27. The molecule has 114 valence electrons. The molecule has 0 N–H and O–H groups in total. The number of rotatable bonds is 1. The minimum absolute atomic E-state index is 0.214. The normalized spacial score (nSPS) is 19.8. The lowest BCUT2D eigenvalue weighted by Gasteiger charge is -2.30. The monoisotopic (exact) mass is 319 g/mol. The summed E-state index contributed by atoms with van der Waals surface area (Å²) in [6.07, 6.45) is -3.00. The molecule has 0 aromatic heterocycles. The van der Waals surface area contributed by atoms with Gasteiger partial charge in [0.25, 0.3) is 0 Å². The van der Waals surface area contributed by atoms with E-state index in [1.165, 1.54) is 18.0 Å².